The smallest absolute Gasteiger partial charge is 0.307 e. The fraction of sp³-hybridized carbons (Fsp3) is 0.667. The van der Waals surface area contributed by atoms with Gasteiger partial charge in [-0.2, -0.15) is 0 Å². The van der Waals surface area contributed by atoms with Gasteiger partial charge in [0.25, 0.3) is 0 Å². The number of aliphatic carboxylic acids is 1. The molecular formula is C12H19NO3. The minimum atomic E-state index is -0.881. The number of amides is 1. The molecule has 0 saturated carbocycles. The summed E-state index contributed by atoms with van der Waals surface area (Å²) in [5.41, 5.74) is 0. The van der Waals surface area contributed by atoms with E-state index in [0.717, 1.165) is 0 Å². The first-order valence-corrected chi connectivity index (χ1v) is 5.68. The maximum atomic E-state index is 11.8. The van der Waals surface area contributed by atoms with Crippen LogP contribution in [0.1, 0.15) is 26.7 Å². The summed E-state index contributed by atoms with van der Waals surface area (Å²) in [6, 6.07) is 0. The number of carbonyl (C=O) groups excluding carboxylic acids is 1. The highest BCUT2D eigenvalue weighted by atomic mass is 16.4. The Labute approximate surface area is 95.7 Å². The molecule has 1 amide bonds. The Morgan fingerprint density at radius 3 is 2.38 bits per heavy atom. The number of hydrogen-bond donors (Lipinski definition) is 2. The number of carboxylic acids is 1. The van der Waals surface area contributed by atoms with E-state index in [9.17, 15) is 9.59 Å². The molecule has 0 aromatic heterocycles. The number of allylic oxidation sites excluding steroid dienone is 2. The van der Waals surface area contributed by atoms with Gasteiger partial charge in [0.15, 0.2) is 0 Å². The molecule has 0 radical (unpaired) electrons. The average molecular weight is 225 g/mol. The molecule has 0 spiro atoms. The van der Waals surface area contributed by atoms with Gasteiger partial charge in [0.05, 0.1) is 11.8 Å². The predicted octanol–water partition coefficient (Wildman–Crippen LogP) is 1.43. The number of hydrogen-bond acceptors (Lipinski definition) is 2. The lowest BCUT2D eigenvalue weighted by Gasteiger charge is -2.24. The third kappa shape index (κ3) is 3.36. The molecule has 0 fully saturated rings. The zero-order chi connectivity index (χ0) is 12.1. The molecule has 0 heterocycles. The molecule has 0 aromatic carbocycles. The summed E-state index contributed by atoms with van der Waals surface area (Å²) in [5, 5.41) is 11.8. The highest BCUT2D eigenvalue weighted by molar-refractivity contribution is 5.85. The second-order valence-corrected chi connectivity index (χ2v) is 4.63. The Kier molecular flexibility index (Phi) is 4.52. The van der Waals surface area contributed by atoms with E-state index >= 15 is 0 Å². The molecule has 0 saturated heterocycles. The molecule has 0 aromatic rings. The molecule has 4 nitrogen and oxygen atoms in total. The van der Waals surface area contributed by atoms with Crippen molar-refractivity contribution in [3.05, 3.63) is 12.2 Å². The van der Waals surface area contributed by atoms with Crippen molar-refractivity contribution >= 4 is 11.9 Å². The van der Waals surface area contributed by atoms with Crippen molar-refractivity contribution < 1.29 is 14.7 Å². The predicted molar refractivity (Wildman–Crippen MR) is 60.8 cm³/mol. The average Bonchev–Trinajstić information content (AvgIpc) is 2.25. The molecule has 1 aliphatic rings. The van der Waals surface area contributed by atoms with Crippen molar-refractivity contribution in [1.82, 2.24) is 5.32 Å². The van der Waals surface area contributed by atoms with Crippen molar-refractivity contribution in [1.29, 1.82) is 0 Å². The third-order valence-electron chi connectivity index (χ3n) is 2.77. The Morgan fingerprint density at radius 1 is 1.31 bits per heavy atom. The molecule has 0 unspecified atom stereocenters. The zero-order valence-corrected chi connectivity index (χ0v) is 9.77. The Balaban J connectivity index is 2.58. The van der Waals surface area contributed by atoms with E-state index in [0.29, 0.717) is 25.3 Å². The topological polar surface area (TPSA) is 66.4 Å². The molecule has 0 bridgehead atoms. The Hall–Kier alpha value is -1.32. The summed E-state index contributed by atoms with van der Waals surface area (Å²) in [6.45, 7) is 4.62. The molecule has 2 N–H and O–H groups in total. The lowest BCUT2D eigenvalue weighted by molar-refractivity contribution is -0.147. The molecular weight excluding hydrogens is 206 g/mol. The first-order valence-electron chi connectivity index (χ1n) is 5.68. The van der Waals surface area contributed by atoms with E-state index in [1.54, 1.807) is 0 Å². The van der Waals surface area contributed by atoms with Gasteiger partial charge in [0, 0.05) is 6.54 Å². The van der Waals surface area contributed by atoms with Crippen LogP contribution < -0.4 is 5.32 Å². The van der Waals surface area contributed by atoms with Crippen LogP contribution in [0.25, 0.3) is 0 Å². The first-order chi connectivity index (χ1) is 7.52. The normalized spacial score (nSPS) is 24.4. The number of nitrogens with one attached hydrogen (secondary N) is 1. The van der Waals surface area contributed by atoms with Crippen LogP contribution in [0.15, 0.2) is 12.2 Å². The van der Waals surface area contributed by atoms with Crippen LogP contribution in [0, 0.1) is 17.8 Å². The summed E-state index contributed by atoms with van der Waals surface area (Å²) in [5.74, 6) is -1.62. The van der Waals surface area contributed by atoms with Crippen LogP contribution in [-0.2, 0) is 9.59 Å². The quantitative estimate of drug-likeness (QED) is 0.711. The molecule has 2 atom stereocenters. The Morgan fingerprint density at radius 2 is 1.88 bits per heavy atom. The van der Waals surface area contributed by atoms with Crippen LogP contribution in [0.5, 0.6) is 0 Å². The molecule has 0 aliphatic heterocycles. The van der Waals surface area contributed by atoms with Crippen LogP contribution in [-0.4, -0.2) is 23.5 Å². The summed E-state index contributed by atoms with van der Waals surface area (Å²) < 4.78 is 0. The van der Waals surface area contributed by atoms with Gasteiger partial charge in [0.1, 0.15) is 0 Å². The fourth-order valence-corrected chi connectivity index (χ4v) is 1.81. The largest absolute Gasteiger partial charge is 0.481 e. The van der Waals surface area contributed by atoms with E-state index < -0.39 is 17.8 Å². The lowest BCUT2D eigenvalue weighted by atomic mass is 9.82. The summed E-state index contributed by atoms with van der Waals surface area (Å²) in [6.07, 6.45) is 4.71. The summed E-state index contributed by atoms with van der Waals surface area (Å²) in [7, 11) is 0. The van der Waals surface area contributed by atoms with Gasteiger partial charge < -0.3 is 10.4 Å². The molecule has 16 heavy (non-hydrogen) atoms. The molecule has 1 rings (SSSR count). The van der Waals surface area contributed by atoms with Gasteiger partial charge in [-0.1, -0.05) is 26.0 Å². The monoisotopic (exact) mass is 225 g/mol. The standard InChI is InChI=1S/C12H19NO3/c1-8(2)7-13-11(14)9-5-3-4-6-10(9)12(15)16/h3-4,8-10H,5-7H2,1-2H3,(H,13,14)(H,15,16)/t9-,10-/m1/s1. The van der Waals surface area contributed by atoms with E-state index in [2.05, 4.69) is 5.32 Å². The van der Waals surface area contributed by atoms with Crippen molar-refractivity contribution in [3.63, 3.8) is 0 Å². The summed E-state index contributed by atoms with van der Waals surface area (Å²) in [4.78, 5) is 22.8. The van der Waals surface area contributed by atoms with Crippen LogP contribution in [0.4, 0.5) is 0 Å². The van der Waals surface area contributed by atoms with Gasteiger partial charge in [0.2, 0.25) is 5.91 Å². The van der Waals surface area contributed by atoms with E-state index in [1.165, 1.54) is 0 Å². The van der Waals surface area contributed by atoms with Crippen molar-refractivity contribution in [2.24, 2.45) is 17.8 Å². The van der Waals surface area contributed by atoms with E-state index in [4.69, 9.17) is 5.11 Å². The maximum Gasteiger partial charge on any atom is 0.307 e. The molecule has 4 heteroatoms. The van der Waals surface area contributed by atoms with Crippen molar-refractivity contribution in [3.8, 4) is 0 Å². The van der Waals surface area contributed by atoms with Crippen LogP contribution in [0.3, 0.4) is 0 Å². The van der Waals surface area contributed by atoms with Gasteiger partial charge in [-0.3, -0.25) is 9.59 Å². The van der Waals surface area contributed by atoms with Gasteiger partial charge in [-0.05, 0) is 18.8 Å². The fourth-order valence-electron chi connectivity index (χ4n) is 1.81. The zero-order valence-electron chi connectivity index (χ0n) is 9.77. The number of carbonyl (C=O) groups is 2. The second-order valence-electron chi connectivity index (χ2n) is 4.63. The highest BCUT2D eigenvalue weighted by Crippen LogP contribution is 2.25. The Bertz CT molecular complexity index is 297. The van der Waals surface area contributed by atoms with Gasteiger partial charge >= 0.3 is 5.97 Å². The maximum absolute atomic E-state index is 11.8. The van der Waals surface area contributed by atoms with Crippen molar-refractivity contribution in [2.75, 3.05) is 6.54 Å². The van der Waals surface area contributed by atoms with Crippen LogP contribution >= 0.6 is 0 Å². The number of carboxylic acid groups (broad SMARTS) is 1. The summed E-state index contributed by atoms with van der Waals surface area (Å²) >= 11 is 0. The van der Waals surface area contributed by atoms with E-state index in [-0.39, 0.29) is 5.91 Å². The number of rotatable bonds is 4. The van der Waals surface area contributed by atoms with Gasteiger partial charge in [-0.25, -0.2) is 0 Å². The lowest BCUT2D eigenvalue weighted by Crippen LogP contribution is -2.40. The second kappa shape index (κ2) is 5.68. The minimum absolute atomic E-state index is 0.134. The molecule has 1 aliphatic carbocycles. The molecule has 90 valence electrons. The first kappa shape index (κ1) is 12.7. The highest BCUT2D eigenvalue weighted by Gasteiger charge is 2.33. The van der Waals surface area contributed by atoms with E-state index in [1.807, 2.05) is 26.0 Å². The van der Waals surface area contributed by atoms with Gasteiger partial charge in [-0.15, -0.1) is 0 Å². The SMILES string of the molecule is CC(C)CNC(=O)[C@@H]1CC=CC[C@H]1C(=O)O. The minimum Gasteiger partial charge on any atom is -0.481 e. The van der Waals surface area contributed by atoms with Crippen molar-refractivity contribution in [2.45, 2.75) is 26.7 Å². The third-order valence-corrected chi connectivity index (χ3v) is 2.77. The van der Waals surface area contributed by atoms with Crippen LogP contribution in [0.2, 0.25) is 0 Å².